The number of aliphatic imine (C=N–C) groups is 1. The van der Waals surface area contributed by atoms with Gasteiger partial charge in [-0.15, -0.1) is 0 Å². The second-order valence-electron chi connectivity index (χ2n) is 8.15. The quantitative estimate of drug-likeness (QED) is 0.736. The lowest BCUT2D eigenvalue weighted by molar-refractivity contribution is -0.131. The van der Waals surface area contributed by atoms with Crippen LogP contribution in [0.25, 0.3) is 0 Å². The molecule has 0 aromatic heterocycles. The molecule has 152 valence electrons. The summed E-state index contributed by atoms with van der Waals surface area (Å²) in [5, 5.41) is -0.510. The summed E-state index contributed by atoms with van der Waals surface area (Å²) in [6.45, 7) is 11.2. The smallest absolute Gasteiger partial charge is 0.219 e. The van der Waals surface area contributed by atoms with Crippen LogP contribution in [0.3, 0.4) is 0 Å². The van der Waals surface area contributed by atoms with Gasteiger partial charge in [0.15, 0.2) is 0 Å². The normalized spacial score (nSPS) is 26.8. The van der Waals surface area contributed by atoms with Crippen LogP contribution in [-0.4, -0.2) is 77.9 Å². The molecule has 0 aromatic rings. The van der Waals surface area contributed by atoms with Gasteiger partial charge >= 0.3 is 0 Å². The van der Waals surface area contributed by atoms with E-state index in [1.54, 1.807) is 16.7 Å². The number of sulfonamides is 1. The van der Waals surface area contributed by atoms with Gasteiger partial charge in [0, 0.05) is 49.5 Å². The maximum absolute atomic E-state index is 12.7. The zero-order valence-corrected chi connectivity index (χ0v) is 18.6. The standard InChI is InChI=1S/C18H30N4O3S2/c1-11-17(18(4,5)26-6)16-7-14(8-22(16)12(2)19-11)20-27(24,25)15-9-21(10-15)13(3)23/h11,14-15,20H,7-10H2,1-6H3/t11-,14-/m0/s1. The molecule has 0 bridgehead atoms. The summed E-state index contributed by atoms with van der Waals surface area (Å²) in [5.41, 5.74) is 2.50. The average molecular weight is 415 g/mol. The van der Waals surface area contributed by atoms with Gasteiger partial charge < -0.3 is 9.80 Å². The maximum atomic E-state index is 12.7. The molecule has 9 heteroatoms. The highest BCUT2D eigenvalue weighted by Crippen LogP contribution is 2.42. The molecule has 0 unspecified atom stereocenters. The van der Waals surface area contributed by atoms with Crippen molar-refractivity contribution in [1.29, 1.82) is 0 Å². The lowest BCUT2D eigenvalue weighted by Gasteiger charge is -2.38. The summed E-state index contributed by atoms with van der Waals surface area (Å²) in [6.07, 6.45) is 2.78. The summed E-state index contributed by atoms with van der Waals surface area (Å²) in [4.78, 5) is 19.8. The predicted molar refractivity (Wildman–Crippen MR) is 110 cm³/mol. The third-order valence-corrected chi connectivity index (χ3v) is 8.97. The first kappa shape index (κ1) is 20.7. The van der Waals surface area contributed by atoms with Crippen LogP contribution in [0.1, 0.15) is 41.0 Å². The first-order valence-corrected chi connectivity index (χ1v) is 12.1. The number of amidine groups is 1. The Morgan fingerprint density at radius 3 is 2.48 bits per heavy atom. The number of amides is 1. The zero-order valence-electron chi connectivity index (χ0n) is 16.9. The Labute approximate surface area is 166 Å². The van der Waals surface area contributed by atoms with Crippen LogP contribution in [0.4, 0.5) is 0 Å². The number of hydrogen-bond donors (Lipinski definition) is 1. The van der Waals surface area contributed by atoms with Gasteiger partial charge in [-0.1, -0.05) is 0 Å². The summed E-state index contributed by atoms with van der Waals surface area (Å²) in [6, 6.07) is -0.0655. The minimum absolute atomic E-state index is 0.0546. The van der Waals surface area contributed by atoms with Crippen molar-refractivity contribution in [2.24, 2.45) is 4.99 Å². The lowest BCUT2D eigenvalue weighted by atomic mass is 9.91. The van der Waals surface area contributed by atoms with Gasteiger partial charge in [0.2, 0.25) is 15.9 Å². The molecule has 0 aliphatic carbocycles. The van der Waals surface area contributed by atoms with Gasteiger partial charge in [-0.2, -0.15) is 11.8 Å². The molecule has 0 radical (unpaired) electrons. The van der Waals surface area contributed by atoms with E-state index in [4.69, 9.17) is 4.99 Å². The number of fused-ring (bicyclic) bond motifs is 1. The highest BCUT2D eigenvalue weighted by molar-refractivity contribution is 8.00. The fraction of sp³-hybridized carbons (Fsp3) is 0.778. The molecule has 0 spiro atoms. The Balaban J connectivity index is 1.78. The second kappa shape index (κ2) is 7.08. The Morgan fingerprint density at radius 2 is 1.93 bits per heavy atom. The molecule has 3 aliphatic rings. The van der Waals surface area contributed by atoms with Crippen molar-refractivity contribution in [2.75, 3.05) is 25.9 Å². The molecule has 1 amide bonds. The van der Waals surface area contributed by atoms with Crippen molar-refractivity contribution >= 4 is 33.5 Å². The predicted octanol–water partition coefficient (Wildman–Crippen LogP) is 1.43. The topological polar surface area (TPSA) is 82.1 Å². The van der Waals surface area contributed by atoms with Crippen molar-refractivity contribution in [2.45, 2.75) is 63.1 Å². The van der Waals surface area contributed by atoms with Crippen LogP contribution in [0.5, 0.6) is 0 Å². The largest absolute Gasteiger partial charge is 0.340 e. The van der Waals surface area contributed by atoms with E-state index in [0.717, 1.165) is 5.84 Å². The van der Waals surface area contributed by atoms with Crippen LogP contribution in [0.2, 0.25) is 0 Å². The number of thioether (sulfide) groups is 1. The summed E-state index contributed by atoms with van der Waals surface area (Å²) >= 11 is 1.79. The van der Waals surface area contributed by atoms with E-state index in [1.165, 1.54) is 18.2 Å². The lowest BCUT2D eigenvalue weighted by Crippen LogP contribution is -2.60. The Morgan fingerprint density at radius 1 is 1.30 bits per heavy atom. The fourth-order valence-electron chi connectivity index (χ4n) is 4.24. The van der Waals surface area contributed by atoms with Gasteiger partial charge in [0.05, 0.1) is 6.04 Å². The Bertz CT molecular complexity index is 797. The van der Waals surface area contributed by atoms with Crippen LogP contribution in [0, 0.1) is 0 Å². The molecule has 27 heavy (non-hydrogen) atoms. The molecular formula is C18H30N4O3S2. The van der Waals surface area contributed by atoms with E-state index >= 15 is 0 Å². The number of likely N-dealkylation sites (tertiary alicyclic amines) is 1. The number of rotatable bonds is 5. The highest BCUT2D eigenvalue weighted by atomic mass is 32.2. The van der Waals surface area contributed by atoms with E-state index in [2.05, 4.69) is 36.6 Å². The van der Waals surface area contributed by atoms with Crippen molar-refractivity contribution in [3.63, 3.8) is 0 Å². The van der Waals surface area contributed by atoms with E-state index in [0.29, 0.717) is 13.0 Å². The summed E-state index contributed by atoms with van der Waals surface area (Å²) < 4.78 is 28.3. The maximum Gasteiger partial charge on any atom is 0.219 e. The van der Waals surface area contributed by atoms with Crippen LogP contribution >= 0.6 is 11.8 Å². The Hall–Kier alpha value is -1.06. The zero-order chi connectivity index (χ0) is 20.1. The van der Waals surface area contributed by atoms with Gasteiger partial charge in [-0.05, 0) is 39.5 Å². The molecule has 3 rings (SSSR count). The number of carbonyl (C=O) groups is 1. The van der Waals surface area contributed by atoms with Gasteiger partial charge in [0.1, 0.15) is 11.1 Å². The monoisotopic (exact) mass is 414 g/mol. The molecular weight excluding hydrogens is 384 g/mol. The number of carbonyl (C=O) groups excluding carboxylic acids is 1. The molecule has 2 atom stereocenters. The van der Waals surface area contributed by atoms with Crippen molar-refractivity contribution in [3.05, 3.63) is 11.3 Å². The van der Waals surface area contributed by atoms with E-state index < -0.39 is 15.3 Å². The SMILES string of the molecule is CSC(C)(C)C1=C2C[C@H](NS(=O)(=O)C3CN(C(C)=O)C3)CN2C(C)=N[C@H]1C. The number of nitrogens with one attached hydrogen (secondary N) is 1. The third kappa shape index (κ3) is 3.78. The molecule has 3 heterocycles. The molecule has 7 nitrogen and oxygen atoms in total. The minimum atomic E-state index is -3.44. The average Bonchev–Trinajstić information content (AvgIpc) is 2.87. The van der Waals surface area contributed by atoms with Crippen LogP contribution < -0.4 is 4.72 Å². The minimum Gasteiger partial charge on any atom is -0.340 e. The van der Waals surface area contributed by atoms with E-state index in [-0.39, 0.29) is 35.8 Å². The molecule has 2 saturated heterocycles. The number of nitrogens with zero attached hydrogens (tertiary/aromatic N) is 3. The van der Waals surface area contributed by atoms with E-state index in [9.17, 15) is 13.2 Å². The first-order valence-electron chi connectivity index (χ1n) is 9.33. The van der Waals surface area contributed by atoms with Gasteiger partial charge in [-0.25, -0.2) is 13.1 Å². The molecule has 2 fully saturated rings. The van der Waals surface area contributed by atoms with Crippen LogP contribution in [-0.2, 0) is 14.8 Å². The third-order valence-electron chi connectivity index (χ3n) is 5.89. The van der Waals surface area contributed by atoms with E-state index in [1.807, 2.05) is 6.92 Å². The van der Waals surface area contributed by atoms with Crippen molar-refractivity contribution in [1.82, 2.24) is 14.5 Å². The first-order chi connectivity index (χ1) is 12.5. The van der Waals surface area contributed by atoms with Gasteiger partial charge in [-0.3, -0.25) is 9.79 Å². The summed E-state index contributed by atoms with van der Waals surface area (Å²) in [7, 11) is -3.44. The molecule has 0 aromatic carbocycles. The van der Waals surface area contributed by atoms with Crippen molar-refractivity contribution in [3.8, 4) is 0 Å². The fourth-order valence-corrected chi connectivity index (χ4v) is 6.31. The second-order valence-corrected chi connectivity index (χ2v) is 11.6. The van der Waals surface area contributed by atoms with Crippen molar-refractivity contribution < 1.29 is 13.2 Å². The Kier molecular flexibility index (Phi) is 5.42. The summed E-state index contributed by atoms with van der Waals surface area (Å²) in [5.74, 6) is 0.876. The highest BCUT2D eigenvalue weighted by Gasteiger charge is 2.44. The number of hydrogen-bond acceptors (Lipinski definition) is 6. The molecule has 1 N–H and O–H groups in total. The van der Waals surface area contributed by atoms with Gasteiger partial charge in [0.25, 0.3) is 0 Å². The molecule has 0 saturated carbocycles. The van der Waals surface area contributed by atoms with Crippen LogP contribution in [0.15, 0.2) is 16.3 Å². The molecule has 3 aliphatic heterocycles.